The largest absolute Gasteiger partial charge is 0.383 e. The Morgan fingerprint density at radius 3 is 2.67 bits per heavy atom. The lowest BCUT2D eigenvalue weighted by molar-refractivity contribution is 0.0723. The van der Waals surface area contributed by atoms with Gasteiger partial charge in [-0.15, -0.1) is 5.54 Å². The monoisotopic (exact) mass is 520 g/mol. The Balaban J connectivity index is 1.50. The molecule has 0 spiro atoms. The molecule has 0 bridgehead atoms. The van der Waals surface area contributed by atoms with Gasteiger partial charge in [-0.2, -0.15) is 5.10 Å². The van der Waals surface area contributed by atoms with Gasteiger partial charge in [-0.3, -0.25) is 14.5 Å². The van der Waals surface area contributed by atoms with E-state index in [4.69, 9.17) is 17.3 Å². The predicted molar refractivity (Wildman–Crippen MR) is 143 cm³/mol. The lowest BCUT2D eigenvalue weighted by Gasteiger charge is -2.23. The summed E-state index contributed by atoms with van der Waals surface area (Å²) >= 11 is 6.48. The Morgan fingerprint density at radius 2 is 2.00 bits per heavy atom. The van der Waals surface area contributed by atoms with Crippen LogP contribution in [0, 0.1) is 17.3 Å². The van der Waals surface area contributed by atoms with Crippen LogP contribution in [0.15, 0.2) is 30.6 Å². The molecule has 4 aromatic rings. The molecule has 10 heteroatoms. The highest BCUT2D eigenvalue weighted by atomic mass is 35.5. The Bertz CT molecular complexity index is 1600. The molecule has 1 fully saturated rings. The van der Waals surface area contributed by atoms with E-state index in [1.807, 2.05) is 0 Å². The molecule has 0 radical (unpaired) electrons. The number of aromatic nitrogens is 4. The van der Waals surface area contributed by atoms with Crippen molar-refractivity contribution in [2.24, 2.45) is 7.05 Å². The van der Waals surface area contributed by atoms with Crippen molar-refractivity contribution in [1.29, 1.82) is 0 Å². The zero-order chi connectivity index (χ0) is 25.8. The SMILES string of the molecule is Cn1ncc2c(N)nc3cc(F)c(C(=O)N(Cc4cc(Cl)c(C#C[Si](C)(C)C)cn4)C4CC4)cc3c21. The maximum atomic E-state index is 15.2. The number of amides is 1. The Kier molecular flexibility index (Phi) is 5.97. The Hall–Kier alpha value is -3.48. The highest BCUT2D eigenvalue weighted by molar-refractivity contribution is 6.83. The van der Waals surface area contributed by atoms with Gasteiger partial charge in [-0.05, 0) is 25.0 Å². The number of pyridine rings is 2. The topological polar surface area (TPSA) is 89.9 Å². The maximum Gasteiger partial charge on any atom is 0.257 e. The van der Waals surface area contributed by atoms with Gasteiger partial charge in [0.1, 0.15) is 19.7 Å². The number of nitrogens with zero attached hydrogens (tertiary/aromatic N) is 5. The lowest BCUT2D eigenvalue weighted by Crippen LogP contribution is -2.33. The summed E-state index contributed by atoms with van der Waals surface area (Å²) in [4.78, 5) is 24.1. The van der Waals surface area contributed by atoms with Crippen molar-refractivity contribution in [2.45, 2.75) is 45.1 Å². The number of halogens is 2. The Labute approximate surface area is 214 Å². The van der Waals surface area contributed by atoms with Crippen LogP contribution in [0.5, 0.6) is 0 Å². The minimum absolute atomic E-state index is 0.0211. The zero-order valence-electron chi connectivity index (χ0n) is 20.6. The number of anilines is 1. The van der Waals surface area contributed by atoms with Gasteiger partial charge in [0.15, 0.2) is 0 Å². The van der Waals surface area contributed by atoms with Gasteiger partial charge in [-0.1, -0.05) is 37.2 Å². The van der Waals surface area contributed by atoms with Crippen LogP contribution in [0.4, 0.5) is 10.2 Å². The van der Waals surface area contributed by atoms with Crippen LogP contribution in [0.25, 0.3) is 21.8 Å². The minimum atomic E-state index is -1.56. The van der Waals surface area contributed by atoms with E-state index in [9.17, 15) is 4.79 Å². The third kappa shape index (κ3) is 4.66. The number of carbonyl (C=O) groups is 1. The van der Waals surface area contributed by atoms with Crippen LogP contribution in [0.1, 0.15) is 34.5 Å². The predicted octanol–water partition coefficient (Wildman–Crippen LogP) is 4.92. The molecule has 7 nitrogen and oxygen atoms in total. The maximum absolute atomic E-state index is 15.2. The van der Waals surface area contributed by atoms with Crippen LogP contribution in [-0.2, 0) is 13.6 Å². The summed E-state index contributed by atoms with van der Waals surface area (Å²) in [6, 6.07) is 4.58. The molecular formula is C26H26ClFN6OSi. The second kappa shape index (κ2) is 8.87. The quantitative estimate of drug-likeness (QED) is 0.304. The van der Waals surface area contributed by atoms with E-state index >= 15 is 4.39 Å². The van der Waals surface area contributed by atoms with Gasteiger partial charge >= 0.3 is 0 Å². The van der Waals surface area contributed by atoms with Gasteiger partial charge in [0.05, 0.1) is 51.0 Å². The van der Waals surface area contributed by atoms with E-state index < -0.39 is 19.8 Å². The third-order valence-corrected chi connectivity index (χ3v) is 7.28. The number of hydrogen-bond acceptors (Lipinski definition) is 5. The highest BCUT2D eigenvalue weighted by Crippen LogP contribution is 2.33. The molecule has 36 heavy (non-hydrogen) atoms. The molecule has 0 atom stereocenters. The van der Waals surface area contributed by atoms with Crippen molar-refractivity contribution in [1.82, 2.24) is 24.6 Å². The van der Waals surface area contributed by atoms with Gasteiger partial charge in [0.25, 0.3) is 5.91 Å². The molecule has 0 aliphatic heterocycles. The van der Waals surface area contributed by atoms with Crippen molar-refractivity contribution < 1.29 is 9.18 Å². The lowest BCUT2D eigenvalue weighted by atomic mass is 10.1. The number of fused-ring (bicyclic) bond motifs is 3. The van der Waals surface area contributed by atoms with Crippen LogP contribution in [-0.4, -0.2) is 44.7 Å². The molecule has 1 aromatic carbocycles. The third-order valence-electron chi connectivity index (χ3n) is 6.09. The molecule has 1 aliphatic rings. The molecule has 1 aliphatic carbocycles. The molecule has 0 unspecified atom stereocenters. The first-order chi connectivity index (χ1) is 17.0. The molecule has 3 heterocycles. The van der Waals surface area contributed by atoms with Crippen molar-refractivity contribution in [3.8, 4) is 11.5 Å². The van der Waals surface area contributed by atoms with Crippen molar-refractivity contribution in [3.63, 3.8) is 0 Å². The van der Waals surface area contributed by atoms with Crippen LogP contribution in [0.2, 0.25) is 24.7 Å². The van der Waals surface area contributed by atoms with Crippen LogP contribution >= 0.6 is 11.6 Å². The molecule has 3 aromatic heterocycles. The summed E-state index contributed by atoms with van der Waals surface area (Å²) in [7, 11) is 0.214. The standard InChI is InChI=1S/C26H26ClFN6OSi/c1-33-24-19-10-18(22(28)11-23(19)32-25(29)20(24)13-31-33)26(35)34(17-5-6-17)14-16-9-21(27)15(12-30-16)7-8-36(2,3)4/h9-13,17H,5-6,14H2,1-4H3,(H2,29,32). The Morgan fingerprint density at radius 1 is 1.25 bits per heavy atom. The van der Waals surface area contributed by atoms with Gasteiger partial charge in [0.2, 0.25) is 0 Å². The van der Waals surface area contributed by atoms with Crippen LogP contribution in [0.3, 0.4) is 0 Å². The van der Waals surface area contributed by atoms with Gasteiger partial charge < -0.3 is 10.6 Å². The fraction of sp³-hybridized carbons (Fsp3) is 0.308. The number of aryl methyl sites for hydroxylation is 1. The first kappa shape index (κ1) is 24.2. The number of rotatable bonds is 4. The molecule has 1 amide bonds. The summed E-state index contributed by atoms with van der Waals surface area (Å²) in [6.07, 6.45) is 4.98. The summed E-state index contributed by atoms with van der Waals surface area (Å²) < 4.78 is 16.9. The number of nitrogens with two attached hydrogens (primary N) is 1. The second-order valence-corrected chi connectivity index (χ2v) is 15.4. The number of hydrogen-bond donors (Lipinski definition) is 1. The molecular weight excluding hydrogens is 495 g/mol. The fourth-order valence-corrected chi connectivity index (χ4v) is 4.86. The normalized spacial score (nSPS) is 13.6. The average Bonchev–Trinajstić information content (AvgIpc) is 3.57. The van der Waals surface area contributed by atoms with Gasteiger partial charge in [-0.25, -0.2) is 9.37 Å². The average molecular weight is 521 g/mol. The minimum Gasteiger partial charge on any atom is -0.383 e. The molecule has 2 N–H and O–H groups in total. The first-order valence-electron chi connectivity index (χ1n) is 11.7. The van der Waals surface area contributed by atoms with Crippen LogP contribution < -0.4 is 5.73 Å². The summed E-state index contributed by atoms with van der Waals surface area (Å²) in [5.74, 6) is 2.35. The van der Waals surface area contributed by atoms with E-state index in [2.05, 4.69) is 46.2 Å². The summed E-state index contributed by atoms with van der Waals surface area (Å²) in [5.41, 5.74) is 11.7. The summed E-state index contributed by atoms with van der Waals surface area (Å²) in [6.45, 7) is 6.70. The van der Waals surface area contributed by atoms with E-state index in [0.29, 0.717) is 38.1 Å². The van der Waals surface area contributed by atoms with E-state index in [0.717, 1.165) is 12.8 Å². The van der Waals surface area contributed by atoms with E-state index in [1.165, 1.54) is 6.07 Å². The van der Waals surface area contributed by atoms with E-state index in [-0.39, 0.29) is 24.0 Å². The van der Waals surface area contributed by atoms with Crippen molar-refractivity contribution in [3.05, 3.63) is 58.3 Å². The molecule has 1 saturated carbocycles. The highest BCUT2D eigenvalue weighted by Gasteiger charge is 2.35. The zero-order valence-corrected chi connectivity index (χ0v) is 22.3. The van der Waals surface area contributed by atoms with E-state index in [1.54, 1.807) is 41.2 Å². The first-order valence-corrected chi connectivity index (χ1v) is 15.6. The summed E-state index contributed by atoms with van der Waals surface area (Å²) in [5, 5.41) is 6.02. The van der Waals surface area contributed by atoms with Gasteiger partial charge in [0, 0.05) is 30.7 Å². The number of nitrogen functional groups attached to an aromatic ring is 1. The molecule has 184 valence electrons. The second-order valence-electron chi connectivity index (χ2n) is 10.2. The number of carbonyl (C=O) groups excluding carboxylic acids is 1. The number of benzene rings is 1. The fourth-order valence-electron chi connectivity index (χ4n) is 4.13. The smallest absolute Gasteiger partial charge is 0.257 e. The molecule has 5 rings (SSSR count). The van der Waals surface area contributed by atoms with Crippen molar-refractivity contribution >= 4 is 53.2 Å². The molecule has 0 saturated heterocycles. The van der Waals surface area contributed by atoms with Crippen molar-refractivity contribution in [2.75, 3.05) is 5.73 Å².